The molecular weight excluding hydrogens is 276 g/mol. The molecule has 1 N–H and O–H groups in total. The first-order chi connectivity index (χ1) is 10.7. The molecule has 0 amide bonds. The molecule has 0 bridgehead atoms. The molecular formula is C17H22N4O. The van der Waals surface area contributed by atoms with Crippen LogP contribution in [0.3, 0.4) is 0 Å². The lowest BCUT2D eigenvalue weighted by Crippen LogP contribution is -2.20. The van der Waals surface area contributed by atoms with E-state index in [-0.39, 0.29) is 5.56 Å². The van der Waals surface area contributed by atoms with Crippen molar-refractivity contribution in [2.24, 2.45) is 5.92 Å². The lowest BCUT2D eigenvalue weighted by atomic mass is 10.2. The molecule has 5 heteroatoms. The van der Waals surface area contributed by atoms with Gasteiger partial charge in [-0.1, -0.05) is 19.8 Å². The summed E-state index contributed by atoms with van der Waals surface area (Å²) in [6.07, 6.45) is 6.53. The van der Waals surface area contributed by atoms with Gasteiger partial charge >= 0.3 is 0 Å². The number of nitrogens with zero attached hydrogens (tertiary/aromatic N) is 3. The Hall–Kier alpha value is -2.17. The Balaban J connectivity index is 1.75. The molecule has 2 aromatic rings. The van der Waals surface area contributed by atoms with Crippen molar-refractivity contribution in [2.45, 2.75) is 32.6 Å². The van der Waals surface area contributed by atoms with Crippen LogP contribution >= 0.6 is 0 Å². The van der Waals surface area contributed by atoms with Gasteiger partial charge in [0, 0.05) is 37.1 Å². The predicted molar refractivity (Wildman–Crippen MR) is 88.1 cm³/mol. The number of anilines is 1. The molecule has 1 saturated carbocycles. The minimum absolute atomic E-state index is 0.118. The Morgan fingerprint density at radius 3 is 2.82 bits per heavy atom. The van der Waals surface area contributed by atoms with Crippen molar-refractivity contribution in [1.29, 1.82) is 0 Å². The van der Waals surface area contributed by atoms with E-state index in [4.69, 9.17) is 0 Å². The SMILES string of the molecule is CCc1cc(=O)[nH]c(-c2ccc(N(C)CCC3CC3)nc2)n1. The minimum Gasteiger partial charge on any atom is -0.360 e. The third-order valence-corrected chi connectivity index (χ3v) is 4.14. The highest BCUT2D eigenvalue weighted by Crippen LogP contribution is 2.32. The Morgan fingerprint density at radius 2 is 2.18 bits per heavy atom. The van der Waals surface area contributed by atoms with Crippen LogP contribution in [0.4, 0.5) is 5.82 Å². The van der Waals surface area contributed by atoms with Crippen molar-refractivity contribution < 1.29 is 0 Å². The highest BCUT2D eigenvalue weighted by Gasteiger charge is 2.21. The number of hydrogen-bond acceptors (Lipinski definition) is 4. The van der Waals surface area contributed by atoms with Gasteiger partial charge in [-0.05, 0) is 30.9 Å². The summed E-state index contributed by atoms with van der Waals surface area (Å²) >= 11 is 0. The highest BCUT2D eigenvalue weighted by atomic mass is 16.1. The Bertz CT molecular complexity index is 689. The van der Waals surface area contributed by atoms with Crippen LogP contribution in [0.1, 0.15) is 31.9 Å². The fraction of sp³-hybridized carbons (Fsp3) is 0.471. The first-order valence-corrected chi connectivity index (χ1v) is 7.93. The summed E-state index contributed by atoms with van der Waals surface area (Å²) < 4.78 is 0. The molecule has 2 aromatic heterocycles. The second-order valence-electron chi connectivity index (χ2n) is 6.00. The van der Waals surface area contributed by atoms with Crippen molar-refractivity contribution in [1.82, 2.24) is 15.0 Å². The fourth-order valence-corrected chi connectivity index (χ4v) is 2.48. The van der Waals surface area contributed by atoms with E-state index < -0.39 is 0 Å². The highest BCUT2D eigenvalue weighted by molar-refractivity contribution is 5.56. The molecule has 0 aromatic carbocycles. The molecule has 2 heterocycles. The molecule has 0 atom stereocenters. The van der Waals surface area contributed by atoms with Crippen LogP contribution in [0.15, 0.2) is 29.2 Å². The van der Waals surface area contributed by atoms with E-state index in [1.54, 1.807) is 6.20 Å². The predicted octanol–water partition coefficient (Wildman–Crippen LogP) is 2.63. The third-order valence-electron chi connectivity index (χ3n) is 4.14. The molecule has 0 unspecified atom stereocenters. The average Bonchev–Trinajstić information content (AvgIpc) is 3.36. The monoisotopic (exact) mass is 298 g/mol. The van der Waals surface area contributed by atoms with Gasteiger partial charge in [-0.15, -0.1) is 0 Å². The van der Waals surface area contributed by atoms with Gasteiger partial charge in [0.1, 0.15) is 11.6 Å². The van der Waals surface area contributed by atoms with Crippen LogP contribution in [0.5, 0.6) is 0 Å². The van der Waals surface area contributed by atoms with Crippen LogP contribution in [0.25, 0.3) is 11.4 Å². The van der Waals surface area contributed by atoms with Crippen molar-refractivity contribution in [3.8, 4) is 11.4 Å². The van der Waals surface area contributed by atoms with Crippen molar-refractivity contribution in [2.75, 3.05) is 18.5 Å². The number of pyridine rings is 1. The topological polar surface area (TPSA) is 61.9 Å². The number of nitrogens with one attached hydrogen (secondary N) is 1. The Labute approximate surface area is 130 Å². The molecule has 0 spiro atoms. The molecule has 5 nitrogen and oxygen atoms in total. The van der Waals surface area contributed by atoms with Gasteiger partial charge in [-0.25, -0.2) is 9.97 Å². The van der Waals surface area contributed by atoms with Gasteiger partial charge in [-0.2, -0.15) is 0 Å². The van der Waals surface area contributed by atoms with E-state index in [0.29, 0.717) is 5.82 Å². The van der Waals surface area contributed by atoms with E-state index in [1.165, 1.54) is 25.3 Å². The number of aromatic amines is 1. The zero-order chi connectivity index (χ0) is 15.5. The van der Waals surface area contributed by atoms with Gasteiger partial charge < -0.3 is 9.88 Å². The second kappa shape index (κ2) is 6.30. The number of rotatable bonds is 6. The van der Waals surface area contributed by atoms with Gasteiger partial charge in [0.05, 0.1) is 0 Å². The molecule has 0 radical (unpaired) electrons. The molecule has 22 heavy (non-hydrogen) atoms. The van der Waals surface area contributed by atoms with E-state index >= 15 is 0 Å². The minimum atomic E-state index is -0.118. The maximum Gasteiger partial charge on any atom is 0.251 e. The molecule has 1 aliphatic rings. The van der Waals surface area contributed by atoms with Gasteiger partial charge in [0.15, 0.2) is 0 Å². The van der Waals surface area contributed by atoms with Gasteiger partial charge in [0.25, 0.3) is 5.56 Å². The first kappa shape index (κ1) is 14.8. The standard InChI is InChI=1S/C17H22N4O/c1-3-14-10-16(22)20-17(19-14)13-6-7-15(18-11-13)21(2)9-8-12-4-5-12/h6-7,10-12H,3-5,8-9H2,1-2H3,(H,19,20,22). The van der Waals surface area contributed by atoms with Crippen LogP contribution in [-0.2, 0) is 6.42 Å². The smallest absolute Gasteiger partial charge is 0.251 e. The fourth-order valence-electron chi connectivity index (χ4n) is 2.48. The van der Waals surface area contributed by atoms with Crippen LogP contribution in [0.2, 0.25) is 0 Å². The zero-order valence-corrected chi connectivity index (χ0v) is 13.2. The van der Waals surface area contributed by atoms with E-state index in [1.807, 2.05) is 19.1 Å². The lowest BCUT2D eigenvalue weighted by molar-refractivity contribution is 0.706. The summed E-state index contributed by atoms with van der Waals surface area (Å²) in [5.41, 5.74) is 1.52. The number of aromatic nitrogens is 3. The molecule has 0 saturated heterocycles. The first-order valence-electron chi connectivity index (χ1n) is 7.93. The van der Waals surface area contributed by atoms with E-state index in [0.717, 1.165) is 36.0 Å². The average molecular weight is 298 g/mol. The Kier molecular flexibility index (Phi) is 4.22. The number of aryl methyl sites for hydroxylation is 1. The third kappa shape index (κ3) is 3.53. The van der Waals surface area contributed by atoms with Gasteiger partial charge in [-0.3, -0.25) is 4.79 Å². The summed E-state index contributed by atoms with van der Waals surface area (Å²) in [4.78, 5) is 25.6. The molecule has 3 rings (SSSR count). The maximum atomic E-state index is 11.6. The summed E-state index contributed by atoms with van der Waals surface area (Å²) in [5.74, 6) is 2.47. The molecule has 1 fully saturated rings. The molecule has 0 aliphatic heterocycles. The number of hydrogen-bond donors (Lipinski definition) is 1. The summed E-state index contributed by atoms with van der Waals surface area (Å²) in [7, 11) is 2.07. The van der Waals surface area contributed by atoms with Crippen molar-refractivity contribution in [3.63, 3.8) is 0 Å². The Morgan fingerprint density at radius 1 is 1.36 bits per heavy atom. The zero-order valence-electron chi connectivity index (χ0n) is 13.2. The van der Waals surface area contributed by atoms with E-state index in [2.05, 4.69) is 26.9 Å². The molecule has 1 aliphatic carbocycles. The van der Waals surface area contributed by atoms with Gasteiger partial charge in [0.2, 0.25) is 0 Å². The lowest BCUT2D eigenvalue weighted by Gasteiger charge is -2.18. The van der Waals surface area contributed by atoms with Crippen molar-refractivity contribution >= 4 is 5.82 Å². The summed E-state index contributed by atoms with van der Waals surface area (Å²) in [6.45, 7) is 3.03. The quantitative estimate of drug-likeness (QED) is 0.890. The summed E-state index contributed by atoms with van der Waals surface area (Å²) in [5, 5.41) is 0. The van der Waals surface area contributed by atoms with Crippen LogP contribution in [0, 0.1) is 5.92 Å². The van der Waals surface area contributed by atoms with Crippen molar-refractivity contribution in [3.05, 3.63) is 40.4 Å². The van der Waals surface area contributed by atoms with Crippen LogP contribution in [-0.4, -0.2) is 28.5 Å². The maximum absolute atomic E-state index is 11.6. The second-order valence-corrected chi connectivity index (χ2v) is 6.00. The number of H-pyrrole nitrogens is 1. The summed E-state index contributed by atoms with van der Waals surface area (Å²) in [6, 6.07) is 5.49. The normalized spacial score (nSPS) is 14.1. The van der Waals surface area contributed by atoms with Crippen LogP contribution < -0.4 is 10.5 Å². The largest absolute Gasteiger partial charge is 0.360 e. The van der Waals surface area contributed by atoms with E-state index in [9.17, 15) is 4.79 Å². The molecule has 116 valence electrons.